The van der Waals surface area contributed by atoms with Crippen molar-refractivity contribution < 1.29 is 23.8 Å². The van der Waals surface area contributed by atoms with Crippen molar-refractivity contribution in [2.75, 3.05) is 57.6 Å². The molecular weight excluding hydrogens is 703 g/mol. The maximum absolute atomic E-state index is 13.7. The Morgan fingerprint density at radius 2 is 1.15 bits per heavy atom. The summed E-state index contributed by atoms with van der Waals surface area (Å²) >= 11 is 12.7. The summed E-state index contributed by atoms with van der Waals surface area (Å²) in [4.78, 5) is 37.5. The highest BCUT2D eigenvalue weighted by atomic mass is 35.5. The first-order valence-corrected chi connectivity index (χ1v) is 17.5. The summed E-state index contributed by atoms with van der Waals surface area (Å²) in [5.74, 6) is 1.11. The zero-order valence-electron chi connectivity index (χ0n) is 29.6. The average Bonchev–Trinajstić information content (AvgIpc) is 3.11. The number of nitrogens with zero attached hydrogens (tertiary/aromatic N) is 3. The number of hydrogen-bond donors (Lipinski definition) is 3. The lowest BCUT2D eigenvalue weighted by Crippen LogP contribution is -2.45. The van der Waals surface area contributed by atoms with Crippen LogP contribution in [0.1, 0.15) is 20.8 Å². The number of methoxy groups -OCH3 is 2. The molecule has 11 nitrogen and oxygen atoms in total. The topological polar surface area (TPSA) is 127 Å². The van der Waals surface area contributed by atoms with Gasteiger partial charge in [0.05, 0.1) is 47.7 Å². The number of nitrogens with one attached hydrogen (secondary N) is 3. The number of carbonyl (C=O) groups excluding carboxylic acids is 2. The molecular formula is C39H40Cl2N6O5. The Hall–Kier alpha value is -5.26. The number of hydrogen-bond acceptors (Lipinski definition) is 9. The van der Waals surface area contributed by atoms with E-state index in [9.17, 15) is 9.59 Å². The number of halogens is 2. The van der Waals surface area contributed by atoms with E-state index in [1.807, 2.05) is 72.8 Å². The first kappa shape index (κ1) is 36.5. The lowest BCUT2D eigenvalue weighted by Gasteiger charge is -2.25. The molecule has 6 aromatic rings. The second-order valence-electron chi connectivity index (χ2n) is 13.2. The molecule has 6 rings (SSSR count). The van der Waals surface area contributed by atoms with E-state index in [0.29, 0.717) is 47.7 Å². The van der Waals surface area contributed by atoms with E-state index in [1.54, 1.807) is 39.9 Å². The van der Waals surface area contributed by atoms with E-state index in [4.69, 9.17) is 47.4 Å². The Kier molecular flexibility index (Phi) is 10.9. The molecule has 0 saturated carbocycles. The normalized spacial score (nSPS) is 11.5. The highest BCUT2D eigenvalue weighted by Gasteiger charge is 2.20. The molecule has 0 saturated heterocycles. The van der Waals surface area contributed by atoms with E-state index >= 15 is 0 Å². The summed E-state index contributed by atoms with van der Waals surface area (Å²) in [7, 11) is 3.24. The molecule has 0 spiro atoms. The van der Waals surface area contributed by atoms with Crippen LogP contribution in [0.2, 0.25) is 10.0 Å². The zero-order chi connectivity index (χ0) is 37.0. The Morgan fingerprint density at radius 1 is 0.673 bits per heavy atom. The Balaban J connectivity index is 1.26. The SMILES string of the molecule is COc1ccc2nc3cc(Cl)ccc3c(NCCN(CCNc3c4ccc(Cl)cc4nc4ccc(OC)cc34)C(=O)CNC(=O)OC(C)(C)C)c2c1. The third-order valence-electron chi connectivity index (χ3n) is 8.39. The van der Waals surface area contributed by atoms with Gasteiger partial charge in [0.25, 0.3) is 0 Å². The number of fused-ring (bicyclic) bond motifs is 4. The van der Waals surface area contributed by atoms with Gasteiger partial charge >= 0.3 is 6.09 Å². The van der Waals surface area contributed by atoms with Crippen molar-refractivity contribution in [2.24, 2.45) is 0 Å². The van der Waals surface area contributed by atoms with Crippen LogP contribution in [0.3, 0.4) is 0 Å². The molecule has 0 aliphatic heterocycles. The highest BCUT2D eigenvalue weighted by molar-refractivity contribution is 6.32. The van der Waals surface area contributed by atoms with E-state index < -0.39 is 11.7 Å². The summed E-state index contributed by atoms with van der Waals surface area (Å²) in [5.41, 5.74) is 4.00. The summed E-state index contributed by atoms with van der Waals surface area (Å²) < 4.78 is 16.4. The van der Waals surface area contributed by atoms with Gasteiger partial charge in [0.15, 0.2) is 0 Å². The van der Waals surface area contributed by atoms with E-state index in [1.165, 1.54) is 0 Å². The molecule has 52 heavy (non-hydrogen) atoms. The average molecular weight is 744 g/mol. The van der Waals surface area contributed by atoms with Crippen LogP contribution in [0, 0.1) is 0 Å². The van der Waals surface area contributed by atoms with E-state index in [0.717, 1.165) is 55.0 Å². The van der Waals surface area contributed by atoms with Crippen molar-refractivity contribution in [3.8, 4) is 11.5 Å². The second kappa shape index (κ2) is 15.5. The van der Waals surface area contributed by atoms with Gasteiger partial charge in [-0.2, -0.15) is 0 Å². The van der Waals surface area contributed by atoms with Gasteiger partial charge in [-0.3, -0.25) is 4.79 Å². The van der Waals surface area contributed by atoms with Gasteiger partial charge in [-0.25, -0.2) is 14.8 Å². The van der Waals surface area contributed by atoms with Crippen LogP contribution in [0.5, 0.6) is 11.5 Å². The van der Waals surface area contributed by atoms with Crippen LogP contribution in [0.15, 0.2) is 72.8 Å². The number of rotatable bonds is 12. The van der Waals surface area contributed by atoms with Crippen molar-refractivity contribution in [2.45, 2.75) is 26.4 Å². The molecule has 0 atom stereocenters. The first-order chi connectivity index (χ1) is 24.9. The quantitative estimate of drug-likeness (QED) is 0.106. The monoisotopic (exact) mass is 742 g/mol. The molecule has 0 aliphatic carbocycles. The van der Waals surface area contributed by atoms with Crippen LogP contribution >= 0.6 is 23.2 Å². The predicted octanol–water partition coefficient (Wildman–Crippen LogP) is 8.29. The van der Waals surface area contributed by atoms with E-state index in [-0.39, 0.29) is 12.5 Å². The minimum Gasteiger partial charge on any atom is -0.497 e. The maximum atomic E-state index is 13.7. The fourth-order valence-electron chi connectivity index (χ4n) is 5.99. The lowest BCUT2D eigenvalue weighted by molar-refractivity contribution is -0.130. The number of alkyl carbamates (subject to hydrolysis) is 1. The number of aromatic nitrogens is 2. The fourth-order valence-corrected chi connectivity index (χ4v) is 6.33. The molecule has 3 N–H and O–H groups in total. The van der Waals surface area contributed by atoms with E-state index in [2.05, 4.69) is 16.0 Å². The Morgan fingerprint density at radius 3 is 1.60 bits per heavy atom. The van der Waals surface area contributed by atoms with Gasteiger partial charge in [0.2, 0.25) is 5.91 Å². The first-order valence-electron chi connectivity index (χ1n) is 16.8. The largest absolute Gasteiger partial charge is 0.497 e. The zero-order valence-corrected chi connectivity index (χ0v) is 31.1. The number of pyridine rings is 2. The predicted molar refractivity (Wildman–Crippen MR) is 209 cm³/mol. The van der Waals surface area contributed by atoms with Gasteiger partial charge in [-0.05, 0) is 93.6 Å². The molecule has 2 aromatic heterocycles. The van der Waals surface area contributed by atoms with Gasteiger partial charge < -0.3 is 35.1 Å². The summed E-state index contributed by atoms with van der Waals surface area (Å²) in [6, 6.07) is 22.5. The van der Waals surface area contributed by atoms with Gasteiger partial charge in [0.1, 0.15) is 23.6 Å². The number of carbonyl (C=O) groups is 2. The van der Waals surface area contributed by atoms with Crippen molar-refractivity contribution in [3.05, 3.63) is 82.8 Å². The number of amides is 2. The number of ether oxygens (including phenoxy) is 3. The molecule has 0 bridgehead atoms. The van der Waals surface area contributed by atoms with Crippen LogP contribution in [0.25, 0.3) is 43.6 Å². The third kappa shape index (κ3) is 8.43. The van der Waals surface area contributed by atoms with Crippen LogP contribution in [-0.2, 0) is 9.53 Å². The molecule has 0 aliphatic rings. The molecule has 270 valence electrons. The van der Waals surface area contributed by atoms with Gasteiger partial charge in [-0.1, -0.05) is 23.2 Å². The summed E-state index contributed by atoms with van der Waals surface area (Å²) in [5, 5.41) is 14.4. The molecule has 2 heterocycles. The van der Waals surface area contributed by atoms with Crippen molar-refractivity contribution in [3.63, 3.8) is 0 Å². The molecule has 4 aromatic carbocycles. The molecule has 0 radical (unpaired) electrons. The fraction of sp³-hybridized carbons (Fsp3) is 0.282. The van der Waals surface area contributed by atoms with Crippen LogP contribution in [0.4, 0.5) is 16.2 Å². The van der Waals surface area contributed by atoms with Crippen LogP contribution in [-0.4, -0.2) is 79.4 Å². The highest BCUT2D eigenvalue weighted by Crippen LogP contribution is 2.35. The lowest BCUT2D eigenvalue weighted by atomic mass is 10.1. The smallest absolute Gasteiger partial charge is 0.408 e. The van der Waals surface area contributed by atoms with Crippen LogP contribution < -0.4 is 25.4 Å². The summed E-state index contributed by atoms with van der Waals surface area (Å²) in [6.45, 7) is 6.49. The minimum atomic E-state index is -0.702. The van der Waals surface area contributed by atoms with Gasteiger partial charge in [-0.15, -0.1) is 0 Å². The second-order valence-corrected chi connectivity index (χ2v) is 14.0. The minimum absolute atomic E-state index is 0.234. The van der Waals surface area contributed by atoms with Gasteiger partial charge in [0, 0.05) is 57.8 Å². The molecule has 0 fully saturated rings. The number of anilines is 2. The summed E-state index contributed by atoms with van der Waals surface area (Å²) in [6.07, 6.45) is -0.665. The standard InChI is InChI=1S/C39H40Cl2N6O5/c1-39(2,3)52-38(49)44-22-35(48)47(16-14-42-36-27-10-6-23(40)18-33(27)45-31-12-8-25(50-4)20-29(31)36)17-15-43-37-28-11-7-24(41)19-34(28)46-32-13-9-26(51-5)21-30(32)37/h6-13,18-21H,14-17,22H2,1-5H3,(H,42,45)(H,43,46)(H,44,49). The molecule has 2 amide bonds. The Bertz CT molecular complexity index is 2160. The van der Waals surface area contributed by atoms with Crippen molar-refractivity contribution >= 4 is 90.2 Å². The number of benzene rings is 4. The van der Waals surface area contributed by atoms with Crippen molar-refractivity contribution in [1.29, 1.82) is 0 Å². The molecule has 13 heteroatoms. The third-order valence-corrected chi connectivity index (χ3v) is 8.86. The maximum Gasteiger partial charge on any atom is 0.408 e. The Labute approximate surface area is 311 Å². The molecule has 0 unspecified atom stereocenters. The van der Waals surface area contributed by atoms with Crippen molar-refractivity contribution in [1.82, 2.24) is 20.2 Å².